The first kappa shape index (κ1) is 17.7. The third-order valence-corrected chi connectivity index (χ3v) is 4.55. The second-order valence-corrected chi connectivity index (χ2v) is 6.46. The average molecular weight is 320 g/mol. The van der Waals surface area contributed by atoms with Crippen LogP contribution < -0.4 is 10.9 Å². The number of carbonyl (C=O) groups is 1. The Labute approximate surface area is 138 Å². The summed E-state index contributed by atoms with van der Waals surface area (Å²) in [6.45, 7) is 6.16. The first-order chi connectivity index (χ1) is 11.0. The fourth-order valence-corrected chi connectivity index (χ4v) is 2.98. The minimum atomic E-state index is 0.0168. The van der Waals surface area contributed by atoms with Gasteiger partial charge in [-0.1, -0.05) is 6.07 Å². The number of hydrogen-bond donors (Lipinski definition) is 1. The summed E-state index contributed by atoms with van der Waals surface area (Å²) in [6.07, 6.45) is 1.29. The minimum absolute atomic E-state index is 0.0168. The van der Waals surface area contributed by atoms with Crippen LogP contribution in [0, 0.1) is 6.92 Å². The van der Waals surface area contributed by atoms with Crippen LogP contribution in [0.3, 0.4) is 0 Å². The van der Waals surface area contributed by atoms with E-state index in [2.05, 4.69) is 29.2 Å². The molecule has 1 aliphatic rings. The van der Waals surface area contributed by atoms with E-state index in [0.717, 1.165) is 31.7 Å². The number of nitrogens with zero attached hydrogens (tertiary/aromatic N) is 3. The van der Waals surface area contributed by atoms with Crippen molar-refractivity contribution in [3.8, 4) is 0 Å². The molecule has 6 heteroatoms. The molecule has 2 rings (SSSR count). The van der Waals surface area contributed by atoms with Gasteiger partial charge in [-0.05, 0) is 33.5 Å². The minimum Gasteiger partial charge on any atom is -0.356 e. The molecule has 1 aliphatic heterocycles. The van der Waals surface area contributed by atoms with E-state index in [-0.39, 0.29) is 17.5 Å². The molecule has 0 radical (unpaired) electrons. The molecule has 0 saturated carbocycles. The van der Waals surface area contributed by atoms with Gasteiger partial charge >= 0.3 is 0 Å². The summed E-state index contributed by atoms with van der Waals surface area (Å²) in [5, 5.41) is 2.98. The van der Waals surface area contributed by atoms with Gasteiger partial charge in [-0.3, -0.25) is 9.59 Å². The number of piperazine rings is 1. The van der Waals surface area contributed by atoms with Gasteiger partial charge in [0.1, 0.15) is 0 Å². The van der Waals surface area contributed by atoms with Crippen molar-refractivity contribution in [3.63, 3.8) is 0 Å². The van der Waals surface area contributed by atoms with Crippen LogP contribution >= 0.6 is 0 Å². The Morgan fingerprint density at radius 1 is 1.30 bits per heavy atom. The van der Waals surface area contributed by atoms with Crippen LogP contribution in [0.25, 0.3) is 0 Å². The van der Waals surface area contributed by atoms with Gasteiger partial charge in [0, 0.05) is 56.9 Å². The maximum atomic E-state index is 12.1. The van der Waals surface area contributed by atoms with E-state index in [1.807, 2.05) is 13.0 Å². The predicted molar refractivity (Wildman–Crippen MR) is 91.6 cm³/mol. The SMILES string of the molecule is Cc1cccc(=O)n1CCCNC(=O)CC1CN(C)CCN1C. The van der Waals surface area contributed by atoms with Crippen LogP contribution in [0.2, 0.25) is 0 Å². The zero-order chi connectivity index (χ0) is 16.8. The molecule has 1 aromatic heterocycles. The van der Waals surface area contributed by atoms with E-state index in [0.29, 0.717) is 19.5 Å². The van der Waals surface area contributed by atoms with Gasteiger partial charge in [0.15, 0.2) is 0 Å². The average Bonchev–Trinajstić information content (AvgIpc) is 2.50. The summed E-state index contributed by atoms with van der Waals surface area (Å²) in [5.41, 5.74) is 0.971. The van der Waals surface area contributed by atoms with Crippen molar-refractivity contribution in [2.24, 2.45) is 0 Å². The fraction of sp³-hybridized carbons (Fsp3) is 0.647. The number of carbonyl (C=O) groups excluding carboxylic acids is 1. The van der Waals surface area contributed by atoms with Crippen molar-refractivity contribution < 1.29 is 4.79 Å². The molecule has 0 spiro atoms. The molecule has 2 heterocycles. The van der Waals surface area contributed by atoms with Gasteiger partial charge in [-0.15, -0.1) is 0 Å². The van der Waals surface area contributed by atoms with Gasteiger partial charge in [0.05, 0.1) is 0 Å². The third-order valence-electron chi connectivity index (χ3n) is 4.55. The molecule has 0 aliphatic carbocycles. The van der Waals surface area contributed by atoms with E-state index in [4.69, 9.17) is 0 Å². The number of rotatable bonds is 6. The molecular formula is C17H28N4O2. The maximum absolute atomic E-state index is 12.1. The van der Waals surface area contributed by atoms with Gasteiger partial charge in [-0.2, -0.15) is 0 Å². The number of aryl methyl sites for hydroxylation is 1. The molecule has 0 bridgehead atoms. The van der Waals surface area contributed by atoms with E-state index < -0.39 is 0 Å². The zero-order valence-corrected chi connectivity index (χ0v) is 14.4. The molecule has 128 valence electrons. The Morgan fingerprint density at radius 2 is 2.09 bits per heavy atom. The van der Waals surface area contributed by atoms with Crippen molar-refractivity contribution in [2.45, 2.75) is 32.4 Å². The lowest BCUT2D eigenvalue weighted by atomic mass is 10.1. The summed E-state index contributed by atoms with van der Waals surface area (Å²) in [4.78, 5) is 28.4. The molecule has 1 fully saturated rings. The van der Waals surface area contributed by atoms with Crippen LogP contribution in [0.4, 0.5) is 0 Å². The molecule has 1 atom stereocenters. The summed E-state index contributed by atoms with van der Waals surface area (Å²) in [7, 11) is 4.17. The highest BCUT2D eigenvalue weighted by Crippen LogP contribution is 2.09. The second-order valence-electron chi connectivity index (χ2n) is 6.46. The van der Waals surface area contributed by atoms with Crippen LogP contribution in [0.15, 0.2) is 23.0 Å². The number of amides is 1. The molecule has 1 unspecified atom stereocenters. The van der Waals surface area contributed by atoms with Crippen molar-refractivity contribution in [1.82, 2.24) is 19.7 Å². The first-order valence-electron chi connectivity index (χ1n) is 8.29. The molecule has 1 N–H and O–H groups in total. The number of nitrogens with one attached hydrogen (secondary N) is 1. The van der Waals surface area contributed by atoms with E-state index in [9.17, 15) is 9.59 Å². The smallest absolute Gasteiger partial charge is 0.250 e. The van der Waals surface area contributed by atoms with Gasteiger partial charge < -0.3 is 19.7 Å². The van der Waals surface area contributed by atoms with Crippen LogP contribution in [0.1, 0.15) is 18.5 Å². The molecule has 0 aromatic carbocycles. The van der Waals surface area contributed by atoms with Crippen LogP contribution in [-0.4, -0.2) is 66.6 Å². The van der Waals surface area contributed by atoms with E-state index in [1.165, 1.54) is 0 Å². The lowest BCUT2D eigenvalue weighted by molar-refractivity contribution is -0.122. The summed E-state index contributed by atoms with van der Waals surface area (Å²) < 4.78 is 1.75. The summed E-state index contributed by atoms with van der Waals surface area (Å²) in [5.74, 6) is 0.0919. The van der Waals surface area contributed by atoms with E-state index in [1.54, 1.807) is 16.7 Å². The highest BCUT2D eigenvalue weighted by atomic mass is 16.1. The van der Waals surface area contributed by atoms with Crippen molar-refractivity contribution in [1.29, 1.82) is 0 Å². The lowest BCUT2D eigenvalue weighted by Gasteiger charge is -2.37. The third kappa shape index (κ3) is 5.18. The standard InChI is InChI=1S/C17H28N4O2/c1-14-6-4-7-17(23)21(14)9-5-8-18-16(22)12-15-13-19(2)10-11-20(15)3/h4,6-7,15H,5,8-13H2,1-3H3,(H,18,22). The monoisotopic (exact) mass is 320 g/mol. The highest BCUT2D eigenvalue weighted by Gasteiger charge is 2.24. The molecule has 23 heavy (non-hydrogen) atoms. The fourth-order valence-electron chi connectivity index (χ4n) is 2.98. The molecule has 1 saturated heterocycles. The van der Waals surface area contributed by atoms with Crippen LogP contribution in [0.5, 0.6) is 0 Å². The van der Waals surface area contributed by atoms with Crippen molar-refractivity contribution in [3.05, 3.63) is 34.2 Å². The van der Waals surface area contributed by atoms with Gasteiger partial charge in [0.2, 0.25) is 5.91 Å². The number of aromatic nitrogens is 1. The summed E-state index contributed by atoms with van der Waals surface area (Å²) >= 11 is 0. The van der Waals surface area contributed by atoms with Gasteiger partial charge in [0.25, 0.3) is 5.56 Å². The molecule has 1 aromatic rings. The molecule has 6 nitrogen and oxygen atoms in total. The first-order valence-corrected chi connectivity index (χ1v) is 8.29. The number of likely N-dealkylation sites (N-methyl/N-ethyl adjacent to an activating group) is 2. The Kier molecular flexibility index (Phi) is 6.36. The van der Waals surface area contributed by atoms with E-state index >= 15 is 0 Å². The van der Waals surface area contributed by atoms with Crippen molar-refractivity contribution >= 4 is 5.91 Å². The highest BCUT2D eigenvalue weighted by molar-refractivity contribution is 5.76. The normalized spacial score (nSPS) is 19.7. The molecular weight excluding hydrogens is 292 g/mol. The molecule has 1 amide bonds. The summed E-state index contributed by atoms with van der Waals surface area (Å²) in [6, 6.07) is 5.55. The zero-order valence-electron chi connectivity index (χ0n) is 14.4. The topological polar surface area (TPSA) is 57.6 Å². The second kappa shape index (κ2) is 8.26. The Balaban J connectivity index is 1.72. The van der Waals surface area contributed by atoms with Gasteiger partial charge in [-0.25, -0.2) is 0 Å². The Hall–Kier alpha value is -1.66. The number of pyridine rings is 1. The Morgan fingerprint density at radius 3 is 2.83 bits per heavy atom. The Bertz CT molecular complexity index is 584. The predicted octanol–water partition coefficient (Wildman–Crippen LogP) is 0.299. The largest absolute Gasteiger partial charge is 0.356 e. The van der Waals surface area contributed by atoms with Crippen LogP contribution in [-0.2, 0) is 11.3 Å². The number of hydrogen-bond acceptors (Lipinski definition) is 4. The lowest BCUT2D eigenvalue weighted by Crippen LogP contribution is -2.51. The maximum Gasteiger partial charge on any atom is 0.250 e. The quantitative estimate of drug-likeness (QED) is 0.766. The van der Waals surface area contributed by atoms with Crippen molar-refractivity contribution in [2.75, 3.05) is 40.3 Å².